The predicted molar refractivity (Wildman–Crippen MR) is 76.1 cm³/mol. The minimum Gasteiger partial charge on any atom is -0.389 e. The second-order valence-corrected chi connectivity index (χ2v) is 4.15. The van der Waals surface area contributed by atoms with Crippen LogP contribution < -0.4 is 10.6 Å². The smallest absolute Gasteiger partial charge is 0.138 e. The van der Waals surface area contributed by atoms with Gasteiger partial charge in [0, 0.05) is 33.5 Å². The van der Waals surface area contributed by atoms with Crippen molar-refractivity contribution in [2.75, 3.05) is 45.4 Å². The van der Waals surface area contributed by atoms with E-state index in [0.29, 0.717) is 31.3 Å². The largest absolute Gasteiger partial charge is 0.389 e. The van der Waals surface area contributed by atoms with Gasteiger partial charge in [0.15, 0.2) is 0 Å². The Hall–Kier alpha value is -1.24. The second kappa shape index (κ2) is 7.97. The summed E-state index contributed by atoms with van der Waals surface area (Å²) in [5.41, 5.74) is 6.49. The minimum atomic E-state index is 0.345. The zero-order valence-corrected chi connectivity index (χ0v) is 11.6. The molecule has 0 aliphatic heterocycles. The van der Waals surface area contributed by atoms with Crippen LogP contribution in [0.15, 0.2) is 18.3 Å². The molecule has 1 rings (SSSR count). The molecule has 0 aromatic carbocycles. The SMILES string of the molecule is COCCN(CCOC)c1ncccc1C(N)=S. The van der Waals surface area contributed by atoms with Gasteiger partial charge < -0.3 is 20.1 Å². The maximum atomic E-state index is 5.71. The molecule has 6 heteroatoms. The summed E-state index contributed by atoms with van der Waals surface area (Å²) in [5, 5.41) is 0. The number of anilines is 1. The van der Waals surface area contributed by atoms with Gasteiger partial charge in [-0.05, 0) is 12.1 Å². The average Bonchev–Trinajstić information content (AvgIpc) is 2.39. The van der Waals surface area contributed by atoms with Crippen LogP contribution in [0.2, 0.25) is 0 Å². The van der Waals surface area contributed by atoms with Crippen molar-refractivity contribution in [3.8, 4) is 0 Å². The van der Waals surface area contributed by atoms with Gasteiger partial charge in [0.05, 0.1) is 18.8 Å². The quantitative estimate of drug-likeness (QED) is 0.705. The molecule has 0 fully saturated rings. The standard InChI is InChI=1S/C12H19N3O2S/c1-16-8-6-15(7-9-17-2)12-10(11(13)18)4-3-5-14-12/h3-5H,6-9H2,1-2H3,(H2,13,18). The van der Waals surface area contributed by atoms with Crippen molar-refractivity contribution in [3.63, 3.8) is 0 Å². The maximum absolute atomic E-state index is 5.71. The van der Waals surface area contributed by atoms with Crippen LogP contribution in [0.25, 0.3) is 0 Å². The van der Waals surface area contributed by atoms with Crippen molar-refractivity contribution in [1.82, 2.24) is 4.98 Å². The van der Waals surface area contributed by atoms with Crippen molar-refractivity contribution in [3.05, 3.63) is 23.9 Å². The molecule has 0 radical (unpaired) electrons. The molecule has 0 saturated heterocycles. The van der Waals surface area contributed by atoms with E-state index in [4.69, 9.17) is 27.4 Å². The van der Waals surface area contributed by atoms with Gasteiger partial charge in [-0.25, -0.2) is 4.98 Å². The predicted octanol–water partition coefficient (Wildman–Crippen LogP) is 0.815. The molecule has 0 saturated carbocycles. The van der Waals surface area contributed by atoms with Gasteiger partial charge in [0.1, 0.15) is 10.8 Å². The van der Waals surface area contributed by atoms with Crippen LogP contribution in [0.4, 0.5) is 5.82 Å². The number of hydrogen-bond acceptors (Lipinski definition) is 5. The minimum absolute atomic E-state index is 0.345. The maximum Gasteiger partial charge on any atom is 0.138 e. The van der Waals surface area contributed by atoms with Crippen molar-refractivity contribution in [2.45, 2.75) is 0 Å². The molecule has 1 heterocycles. The van der Waals surface area contributed by atoms with Crippen LogP contribution in [0, 0.1) is 0 Å². The lowest BCUT2D eigenvalue weighted by Crippen LogP contribution is -2.33. The number of hydrogen-bond donors (Lipinski definition) is 1. The van der Waals surface area contributed by atoms with E-state index >= 15 is 0 Å². The van der Waals surface area contributed by atoms with Crippen LogP contribution in [0.1, 0.15) is 5.56 Å². The molecule has 0 atom stereocenters. The van der Waals surface area contributed by atoms with E-state index in [9.17, 15) is 0 Å². The number of aromatic nitrogens is 1. The lowest BCUT2D eigenvalue weighted by atomic mass is 10.2. The summed E-state index contributed by atoms with van der Waals surface area (Å²) in [7, 11) is 3.34. The molecule has 1 aromatic heterocycles. The Morgan fingerprint density at radius 3 is 2.44 bits per heavy atom. The molecular weight excluding hydrogens is 250 g/mol. The van der Waals surface area contributed by atoms with Crippen LogP contribution in [-0.4, -0.2) is 50.5 Å². The third-order valence-electron chi connectivity index (χ3n) is 2.48. The van der Waals surface area contributed by atoms with E-state index in [1.807, 2.05) is 12.1 Å². The first-order chi connectivity index (χ1) is 8.70. The molecule has 5 nitrogen and oxygen atoms in total. The highest BCUT2D eigenvalue weighted by Crippen LogP contribution is 2.16. The summed E-state index contributed by atoms with van der Waals surface area (Å²) in [6.45, 7) is 2.65. The highest BCUT2D eigenvalue weighted by atomic mass is 32.1. The molecular formula is C12H19N3O2S. The summed E-state index contributed by atoms with van der Waals surface area (Å²) in [5.74, 6) is 0.777. The van der Waals surface area contributed by atoms with Gasteiger partial charge in [0.25, 0.3) is 0 Å². The fourth-order valence-corrected chi connectivity index (χ4v) is 1.73. The van der Waals surface area contributed by atoms with Gasteiger partial charge in [-0.3, -0.25) is 0 Å². The average molecular weight is 269 g/mol. The van der Waals surface area contributed by atoms with Gasteiger partial charge in [0.2, 0.25) is 0 Å². The van der Waals surface area contributed by atoms with Crippen molar-refractivity contribution >= 4 is 23.0 Å². The molecule has 100 valence electrons. The number of nitrogens with zero attached hydrogens (tertiary/aromatic N) is 2. The van der Waals surface area contributed by atoms with E-state index in [0.717, 1.165) is 11.4 Å². The van der Waals surface area contributed by atoms with Gasteiger partial charge in [-0.1, -0.05) is 12.2 Å². The molecule has 0 unspecified atom stereocenters. The second-order valence-electron chi connectivity index (χ2n) is 3.71. The summed E-state index contributed by atoms with van der Waals surface area (Å²) in [6.07, 6.45) is 1.73. The Labute approximate surface area is 113 Å². The molecule has 2 N–H and O–H groups in total. The summed E-state index contributed by atoms with van der Waals surface area (Å²) in [6, 6.07) is 3.69. The van der Waals surface area contributed by atoms with Crippen LogP contribution in [-0.2, 0) is 9.47 Å². The van der Waals surface area contributed by atoms with Gasteiger partial charge >= 0.3 is 0 Å². The Balaban J connectivity index is 2.92. The van der Waals surface area contributed by atoms with Crippen LogP contribution >= 0.6 is 12.2 Å². The Morgan fingerprint density at radius 2 is 1.94 bits per heavy atom. The summed E-state index contributed by atoms with van der Waals surface area (Å²) < 4.78 is 10.2. The van der Waals surface area contributed by atoms with Gasteiger partial charge in [-0.15, -0.1) is 0 Å². The molecule has 18 heavy (non-hydrogen) atoms. The van der Waals surface area contributed by atoms with E-state index in [1.54, 1.807) is 20.4 Å². The topological polar surface area (TPSA) is 60.6 Å². The van der Waals surface area contributed by atoms with Crippen molar-refractivity contribution in [1.29, 1.82) is 0 Å². The normalized spacial score (nSPS) is 10.3. The molecule has 0 bridgehead atoms. The number of ether oxygens (including phenoxy) is 2. The Kier molecular flexibility index (Phi) is 6.56. The van der Waals surface area contributed by atoms with Crippen molar-refractivity contribution in [2.24, 2.45) is 5.73 Å². The molecule has 0 aliphatic carbocycles. The lowest BCUT2D eigenvalue weighted by Gasteiger charge is -2.25. The number of methoxy groups -OCH3 is 2. The van der Waals surface area contributed by atoms with E-state index in [2.05, 4.69) is 9.88 Å². The monoisotopic (exact) mass is 269 g/mol. The Morgan fingerprint density at radius 1 is 1.33 bits per heavy atom. The third kappa shape index (κ3) is 4.21. The number of thiocarbonyl (C=S) groups is 1. The third-order valence-corrected chi connectivity index (χ3v) is 2.70. The van der Waals surface area contributed by atoms with Crippen LogP contribution in [0.3, 0.4) is 0 Å². The zero-order valence-electron chi connectivity index (χ0n) is 10.8. The highest BCUT2D eigenvalue weighted by molar-refractivity contribution is 7.80. The first-order valence-electron chi connectivity index (χ1n) is 5.68. The molecule has 0 aliphatic rings. The fraction of sp³-hybridized carbons (Fsp3) is 0.500. The zero-order chi connectivity index (χ0) is 13.4. The highest BCUT2D eigenvalue weighted by Gasteiger charge is 2.13. The first-order valence-corrected chi connectivity index (χ1v) is 6.09. The van der Waals surface area contributed by atoms with Crippen molar-refractivity contribution < 1.29 is 9.47 Å². The summed E-state index contributed by atoms with van der Waals surface area (Å²) >= 11 is 5.04. The van der Waals surface area contributed by atoms with Gasteiger partial charge in [-0.2, -0.15) is 0 Å². The molecule has 0 spiro atoms. The molecule has 0 amide bonds. The number of pyridine rings is 1. The van der Waals surface area contributed by atoms with E-state index < -0.39 is 0 Å². The van der Waals surface area contributed by atoms with Crippen LogP contribution in [0.5, 0.6) is 0 Å². The lowest BCUT2D eigenvalue weighted by molar-refractivity contribution is 0.190. The van der Waals surface area contributed by atoms with E-state index in [-0.39, 0.29) is 0 Å². The number of rotatable bonds is 8. The first kappa shape index (κ1) is 14.8. The summed E-state index contributed by atoms with van der Waals surface area (Å²) in [4.78, 5) is 6.76. The fourth-order valence-electron chi connectivity index (χ4n) is 1.57. The number of nitrogens with two attached hydrogens (primary N) is 1. The molecule has 1 aromatic rings. The Bertz CT molecular complexity index is 379. The van der Waals surface area contributed by atoms with E-state index in [1.165, 1.54) is 0 Å².